The standard InChI is InChI=1S/C8H14F3NO3S/c1-2-3-4-7(16(12,13)14)5-6-15-8(9,10)11/h2,7H,1,3-6H2,(H2,12,13,14)/t7-/m1/s1. The monoisotopic (exact) mass is 261 g/mol. The summed E-state index contributed by atoms with van der Waals surface area (Å²) in [7, 11) is -3.85. The Morgan fingerprint density at radius 3 is 2.31 bits per heavy atom. The molecule has 0 heterocycles. The fourth-order valence-electron chi connectivity index (χ4n) is 1.08. The van der Waals surface area contributed by atoms with Crippen molar-refractivity contribution >= 4 is 10.0 Å². The molecule has 0 aromatic carbocycles. The number of hydrogen-bond acceptors (Lipinski definition) is 3. The fourth-order valence-corrected chi connectivity index (χ4v) is 1.97. The normalized spacial score (nSPS) is 14.8. The molecular weight excluding hydrogens is 247 g/mol. The molecule has 0 aliphatic carbocycles. The highest BCUT2D eigenvalue weighted by molar-refractivity contribution is 7.89. The smallest absolute Gasteiger partial charge is 0.292 e. The number of ether oxygens (including phenoxy) is 1. The molecule has 0 spiro atoms. The highest BCUT2D eigenvalue weighted by Gasteiger charge is 2.30. The van der Waals surface area contributed by atoms with Gasteiger partial charge in [-0.1, -0.05) is 6.08 Å². The van der Waals surface area contributed by atoms with Crippen molar-refractivity contribution in [1.29, 1.82) is 0 Å². The third kappa shape index (κ3) is 7.66. The molecule has 4 nitrogen and oxygen atoms in total. The molecule has 16 heavy (non-hydrogen) atoms. The van der Waals surface area contributed by atoms with Crippen molar-refractivity contribution in [3.63, 3.8) is 0 Å². The summed E-state index contributed by atoms with van der Waals surface area (Å²) in [6.45, 7) is 2.67. The number of nitrogens with two attached hydrogens (primary N) is 1. The van der Waals surface area contributed by atoms with E-state index in [9.17, 15) is 21.6 Å². The van der Waals surface area contributed by atoms with Crippen LogP contribution in [0.15, 0.2) is 12.7 Å². The Bertz CT molecular complexity index is 313. The maximum absolute atomic E-state index is 11.6. The SMILES string of the molecule is C=CCC[C@H](CCOC(F)(F)F)S(N)(=O)=O. The van der Waals surface area contributed by atoms with E-state index in [2.05, 4.69) is 11.3 Å². The zero-order valence-electron chi connectivity index (χ0n) is 8.53. The first-order chi connectivity index (χ1) is 7.17. The minimum absolute atomic E-state index is 0.142. The van der Waals surface area contributed by atoms with Crippen molar-refractivity contribution in [2.24, 2.45) is 5.14 Å². The van der Waals surface area contributed by atoms with Gasteiger partial charge in [0.05, 0.1) is 11.9 Å². The van der Waals surface area contributed by atoms with Gasteiger partial charge in [0.15, 0.2) is 0 Å². The lowest BCUT2D eigenvalue weighted by molar-refractivity contribution is -0.324. The Morgan fingerprint density at radius 2 is 1.94 bits per heavy atom. The number of rotatable bonds is 7. The van der Waals surface area contributed by atoms with Crippen LogP contribution in [0.1, 0.15) is 19.3 Å². The van der Waals surface area contributed by atoms with Gasteiger partial charge in [0, 0.05) is 0 Å². The zero-order chi connectivity index (χ0) is 12.8. The zero-order valence-corrected chi connectivity index (χ0v) is 9.35. The Kier molecular flexibility index (Phi) is 5.98. The molecule has 1 atom stereocenters. The van der Waals surface area contributed by atoms with Gasteiger partial charge >= 0.3 is 6.36 Å². The Morgan fingerprint density at radius 1 is 1.38 bits per heavy atom. The maximum atomic E-state index is 11.6. The van der Waals surface area contributed by atoms with Crippen LogP contribution in [-0.2, 0) is 14.8 Å². The molecule has 0 rings (SSSR count). The van der Waals surface area contributed by atoms with Gasteiger partial charge < -0.3 is 0 Å². The van der Waals surface area contributed by atoms with Gasteiger partial charge in [-0.25, -0.2) is 13.6 Å². The van der Waals surface area contributed by atoms with Gasteiger partial charge in [0.25, 0.3) is 0 Å². The first-order valence-corrected chi connectivity index (χ1v) is 6.11. The molecular formula is C8H14F3NO3S. The number of alkyl halides is 3. The average molecular weight is 261 g/mol. The van der Waals surface area contributed by atoms with Crippen molar-refractivity contribution < 1.29 is 26.3 Å². The van der Waals surface area contributed by atoms with Gasteiger partial charge in [-0.15, -0.1) is 19.8 Å². The lowest BCUT2D eigenvalue weighted by Crippen LogP contribution is -2.30. The van der Waals surface area contributed by atoms with Crippen molar-refractivity contribution in [2.75, 3.05) is 6.61 Å². The van der Waals surface area contributed by atoms with E-state index >= 15 is 0 Å². The average Bonchev–Trinajstić information content (AvgIpc) is 2.06. The molecule has 0 bridgehead atoms. The first kappa shape index (κ1) is 15.4. The van der Waals surface area contributed by atoms with Gasteiger partial charge in [0.1, 0.15) is 0 Å². The van der Waals surface area contributed by atoms with Crippen molar-refractivity contribution in [1.82, 2.24) is 0 Å². The summed E-state index contributed by atoms with van der Waals surface area (Å²) in [6, 6.07) is 0. The van der Waals surface area contributed by atoms with E-state index in [-0.39, 0.29) is 12.8 Å². The van der Waals surface area contributed by atoms with E-state index < -0.39 is 28.2 Å². The molecule has 0 unspecified atom stereocenters. The van der Waals surface area contributed by atoms with E-state index in [1.165, 1.54) is 6.08 Å². The summed E-state index contributed by atoms with van der Waals surface area (Å²) < 4.78 is 60.4. The van der Waals surface area contributed by atoms with Crippen LogP contribution in [0, 0.1) is 0 Å². The predicted octanol–water partition coefficient (Wildman–Crippen LogP) is 1.54. The van der Waals surface area contributed by atoms with Gasteiger partial charge in [-0.3, -0.25) is 4.74 Å². The molecule has 0 aromatic heterocycles. The Labute approximate surface area is 92.3 Å². The molecule has 96 valence electrons. The minimum atomic E-state index is -4.75. The van der Waals surface area contributed by atoms with Crippen LogP contribution in [0.25, 0.3) is 0 Å². The van der Waals surface area contributed by atoms with E-state index in [0.29, 0.717) is 6.42 Å². The maximum Gasteiger partial charge on any atom is 0.522 e. The summed E-state index contributed by atoms with van der Waals surface area (Å²) in [5.74, 6) is 0. The second-order valence-electron chi connectivity index (χ2n) is 3.16. The number of allylic oxidation sites excluding steroid dienone is 1. The van der Waals surface area contributed by atoms with Gasteiger partial charge in [0.2, 0.25) is 10.0 Å². The summed E-state index contributed by atoms with van der Waals surface area (Å²) in [5, 5.41) is 3.84. The Balaban J connectivity index is 4.18. The van der Waals surface area contributed by atoms with E-state index in [1.54, 1.807) is 0 Å². The molecule has 0 aliphatic heterocycles. The topological polar surface area (TPSA) is 69.4 Å². The number of halogens is 3. The summed E-state index contributed by atoms with van der Waals surface area (Å²) in [5.41, 5.74) is 0. The van der Waals surface area contributed by atoms with E-state index in [4.69, 9.17) is 5.14 Å². The molecule has 0 radical (unpaired) electrons. The quantitative estimate of drug-likeness (QED) is 0.707. The van der Waals surface area contributed by atoms with E-state index in [0.717, 1.165) is 0 Å². The Hall–Kier alpha value is -0.600. The van der Waals surface area contributed by atoms with Crippen molar-refractivity contribution in [2.45, 2.75) is 30.9 Å². The highest BCUT2D eigenvalue weighted by atomic mass is 32.2. The number of hydrogen-bond donors (Lipinski definition) is 1. The molecule has 2 N–H and O–H groups in total. The number of sulfonamides is 1. The molecule has 0 aromatic rings. The molecule has 0 saturated heterocycles. The van der Waals surface area contributed by atoms with Crippen LogP contribution in [0.4, 0.5) is 13.2 Å². The van der Waals surface area contributed by atoms with Crippen LogP contribution in [0.5, 0.6) is 0 Å². The van der Waals surface area contributed by atoms with Crippen LogP contribution >= 0.6 is 0 Å². The third-order valence-corrected chi connectivity index (χ3v) is 3.26. The fraction of sp³-hybridized carbons (Fsp3) is 0.750. The largest absolute Gasteiger partial charge is 0.522 e. The van der Waals surface area contributed by atoms with Crippen LogP contribution in [-0.4, -0.2) is 26.6 Å². The summed E-state index contributed by atoms with van der Waals surface area (Å²) in [4.78, 5) is 0. The van der Waals surface area contributed by atoms with Crippen LogP contribution in [0.3, 0.4) is 0 Å². The lowest BCUT2D eigenvalue weighted by Gasteiger charge is -2.14. The molecule has 0 saturated carbocycles. The summed E-state index contributed by atoms with van der Waals surface area (Å²) >= 11 is 0. The van der Waals surface area contributed by atoms with Crippen molar-refractivity contribution in [3.05, 3.63) is 12.7 Å². The van der Waals surface area contributed by atoms with E-state index in [1.807, 2.05) is 0 Å². The summed E-state index contributed by atoms with van der Waals surface area (Å²) in [6.07, 6.45) is -3.05. The van der Waals surface area contributed by atoms with Crippen LogP contribution in [0.2, 0.25) is 0 Å². The van der Waals surface area contributed by atoms with Crippen molar-refractivity contribution in [3.8, 4) is 0 Å². The van der Waals surface area contributed by atoms with Gasteiger partial charge in [-0.05, 0) is 19.3 Å². The molecule has 0 aliphatic rings. The highest BCUT2D eigenvalue weighted by Crippen LogP contribution is 2.18. The third-order valence-electron chi connectivity index (χ3n) is 1.86. The second-order valence-corrected chi connectivity index (χ2v) is 5.00. The lowest BCUT2D eigenvalue weighted by atomic mass is 10.2. The van der Waals surface area contributed by atoms with Gasteiger partial charge in [-0.2, -0.15) is 0 Å². The molecule has 0 amide bonds. The molecule has 0 fully saturated rings. The van der Waals surface area contributed by atoms with Crippen LogP contribution < -0.4 is 5.14 Å². The predicted molar refractivity (Wildman–Crippen MR) is 53.0 cm³/mol. The minimum Gasteiger partial charge on any atom is -0.292 e. The molecule has 8 heteroatoms. The number of primary sulfonamides is 1. The first-order valence-electron chi connectivity index (χ1n) is 4.50. The second kappa shape index (κ2) is 6.21.